The maximum absolute atomic E-state index is 12.2. The number of benzene rings is 1. The van der Waals surface area contributed by atoms with Crippen LogP contribution in [0.25, 0.3) is 0 Å². The maximum atomic E-state index is 12.2. The zero-order chi connectivity index (χ0) is 18.9. The number of carbonyl (C=O) groups is 1. The average Bonchev–Trinajstić information content (AvgIpc) is 2.73. The average molecular weight is 371 g/mol. The summed E-state index contributed by atoms with van der Waals surface area (Å²) in [4.78, 5) is 22.9. The number of methoxy groups -OCH3 is 1. The van der Waals surface area contributed by atoms with Gasteiger partial charge in [0.2, 0.25) is 0 Å². The Morgan fingerprint density at radius 1 is 1.22 bits per heavy atom. The number of anilines is 1. The molecule has 2 aromatic rings. The molecule has 1 aromatic heterocycles. The summed E-state index contributed by atoms with van der Waals surface area (Å²) in [5.74, 6) is 1.20. The number of para-hydroxylation sites is 1. The van der Waals surface area contributed by atoms with Gasteiger partial charge in [0.15, 0.2) is 0 Å². The van der Waals surface area contributed by atoms with Gasteiger partial charge in [-0.2, -0.15) is 0 Å². The second-order valence-electron chi connectivity index (χ2n) is 6.16. The van der Waals surface area contributed by atoms with Crippen LogP contribution in [-0.4, -0.2) is 67.3 Å². The molecule has 1 amide bonds. The highest BCUT2D eigenvalue weighted by Crippen LogP contribution is 2.18. The van der Waals surface area contributed by atoms with Crippen molar-refractivity contribution in [3.8, 4) is 5.75 Å². The Bertz CT molecular complexity index is 732. The lowest BCUT2D eigenvalue weighted by Gasteiger charge is -2.26. The predicted molar refractivity (Wildman–Crippen MR) is 102 cm³/mol. The van der Waals surface area contributed by atoms with Crippen LogP contribution in [0.3, 0.4) is 0 Å². The number of nitrogens with one attached hydrogen (secondary N) is 2. The first-order valence-corrected chi connectivity index (χ1v) is 9.02. The van der Waals surface area contributed by atoms with Gasteiger partial charge < -0.3 is 20.1 Å². The van der Waals surface area contributed by atoms with Gasteiger partial charge in [-0.05, 0) is 6.07 Å². The van der Waals surface area contributed by atoms with Crippen molar-refractivity contribution in [3.05, 3.63) is 47.9 Å². The van der Waals surface area contributed by atoms with Crippen molar-refractivity contribution in [1.29, 1.82) is 0 Å². The zero-order valence-electron chi connectivity index (χ0n) is 15.5. The van der Waals surface area contributed by atoms with Crippen LogP contribution in [0.5, 0.6) is 5.75 Å². The Balaban J connectivity index is 1.45. The van der Waals surface area contributed by atoms with E-state index in [1.54, 1.807) is 13.3 Å². The Kier molecular flexibility index (Phi) is 6.95. The molecule has 27 heavy (non-hydrogen) atoms. The number of hydrogen-bond donors (Lipinski definition) is 2. The summed E-state index contributed by atoms with van der Waals surface area (Å²) in [6.45, 7) is 5.26. The monoisotopic (exact) mass is 371 g/mol. The lowest BCUT2D eigenvalue weighted by molar-refractivity contribution is 0.0383. The van der Waals surface area contributed by atoms with E-state index in [2.05, 4.69) is 25.5 Å². The minimum absolute atomic E-state index is 0.216. The fourth-order valence-corrected chi connectivity index (χ4v) is 2.81. The van der Waals surface area contributed by atoms with Crippen molar-refractivity contribution in [1.82, 2.24) is 20.2 Å². The second-order valence-corrected chi connectivity index (χ2v) is 6.16. The summed E-state index contributed by atoms with van der Waals surface area (Å²) in [7, 11) is 1.64. The number of nitrogens with zero attached hydrogens (tertiary/aromatic N) is 3. The highest BCUT2D eigenvalue weighted by Gasteiger charge is 2.12. The van der Waals surface area contributed by atoms with Gasteiger partial charge in [0.1, 0.15) is 17.3 Å². The van der Waals surface area contributed by atoms with Crippen LogP contribution in [0.4, 0.5) is 5.82 Å². The highest BCUT2D eigenvalue weighted by atomic mass is 16.5. The lowest BCUT2D eigenvalue weighted by atomic mass is 10.2. The Morgan fingerprint density at radius 2 is 2.04 bits per heavy atom. The molecule has 0 spiro atoms. The molecule has 2 heterocycles. The molecule has 1 aliphatic heterocycles. The summed E-state index contributed by atoms with van der Waals surface area (Å²) in [6, 6.07) is 7.77. The summed E-state index contributed by atoms with van der Waals surface area (Å²) >= 11 is 0. The van der Waals surface area contributed by atoms with Crippen LogP contribution in [-0.2, 0) is 11.3 Å². The molecule has 2 N–H and O–H groups in total. The van der Waals surface area contributed by atoms with Gasteiger partial charge in [-0.1, -0.05) is 18.2 Å². The summed E-state index contributed by atoms with van der Waals surface area (Å²) < 4.78 is 10.6. The van der Waals surface area contributed by atoms with E-state index >= 15 is 0 Å². The van der Waals surface area contributed by atoms with E-state index in [0.717, 1.165) is 44.2 Å². The van der Waals surface area contributed by atoms with E-state index < -0.39 is 0 Å². The van der Waals surface area contributed by atoms with E-state index in [0.29, 0.717) is 24.6 Å². The maximum Gasteiger partial charge on any atom is 0.271 e. The van der Waals surface area contributed by atoms with Crippen LogP contribution in [0, 0.1) is 0 Å². The third kappa shape index (κ3) is 5.63. The molecule has 0 aliphatic carbocycles. The molecule has 0 saturated carbocycles. The van der Waals surface area contributed by atoms with Gasteiger partial charge in [-0.15, -0.1) is 0 Å². The Labute approximate surface area is 158 Å². The summed E-state index contributed by atoms with van der Waals surface area (Å²) in [5.41, 5.74) is 1.33. The third-order valence-electron chi connectivity index (χ3n) is 4.35. The zero-order valence-corrected chi connectivity index (χ0v) is 15.5. The normalized spacial score (nSPS) is 14.6. The topological polar surface area (TPSA) is 88.6 Å². The molecule has 0 bridgehead atoms. The molecular weight excluding hydrogens is 346 g/mol. The number of amides is 1. The third-order valence-corrected chi connectivity index (χ3v) is 4.35. The standard InChI is InChI=1S/C19H25N5O3/c1-26-17-5-3-2-4-15(17)12-22-18-14-21-16(13-23-18)19(25)20-6-7-24-8-10-27-11-9-24/h2-5,13-14H,6-12H2,1H3,(H,20,25)(H,22,23). The highest BCUT2D eigenvalue weighted by molar-refractivity contribution is 5.91. The molecule has 1 aliphatic rings. The van der Waals surface area contributed by atoms with Crippen molar-refractivity contribution >= 4 is 11.7 Å². The molecule has 0 atom stereocenters. The first-order valence-electron chi connectivity index (χ1n) is 9.02. The van der Waals surface area contributed by atoms with Crippen LogP contribution in [0.15, 0.2) is 36.7 Å². The van der Waals surface area contributed by atoms with Gasteiger partial charge in [-0.3, -0.25) is 9.69 Å². The van der Waals surface area contributed by atoms with E-state index in [1.165, 1.54) is 6.20 Å². The molecule has 1 fully saturated rings. The molecule has 144 valence electrons. The van der Waals surface area contributed by atoms with Crippen molar-refractivity contribution in [2.75, 3.05) is 51.8 Å². The number of ether oxygens (including phenoxy) is 2. The van der Waals surface area contributed by atoms with Crippen LogP contribution in [0.2, 0.25) is 0 Å². The molecule has 0 radical (unpaired) electrons. The number of carbonyl (C=O) groups excluding carboxylic acids is 1. The molecule has 3 rings (SSSR count). The van der Waals surface area contributed by atoms with E-state index in [9.17, 15) is 4.79 Å². The smallest absolute Gasteiger partial charge is 0.271 e. The predicted octanol–water partition coefficient (Wildman–Crippen LogP) is 1.16. The van der Waals surface area contributed by atoms with Crippen LogP contribution in [0.1, 0.15) is 16.1 Å². The molecule has 0 unspecified atom stereocenters. The first kappa shape index (κ1) is 19.1. The van der Waals surface area contributed by atoms with Gasteiger partial charge >= 0.3 is 0 Å². The largest absolute Gasteiger partial charge is 0.496 e. The lowest BCUT2D eigenvalue weighted by Crippen LogP contribution is -2.41. The van der Waals surface area contributed by atoms with Gasteiger partial charge in [0.05, 0.1) is 32.7 Å². The van der Waals surface area contributed by atoms with Crippen LogP contribution >= 0.6 is 0 Å². The van der Waals surface area contributed by atoms with E-state index in [-0.39, 0.29) is 5.91 Å². The van der Waals surface area contributed by atoms with Gasteiger partial charge in [0, 0.05) is 38.3 Å². The summed E-state index contributed by atoms with van der Waals surface area (Å²) in [5, 5.41) is 6.06. The molecule has 8 heteroatoms. The number of aromatic nitrogens is 2. The van der Waals surface area contributed by atoms with Gasteiger partial charge in [0.25, 0.3) is 5.91 Å². The summed E-state index contributed by atoms with van der Waals surface area (Å²) in [6.07, 6.45) is 3.04. The molecule has 1 aromatic carbocycles. The molecule has 1 saturated heterocycles. The van der Waals surface area contributed by atoms with Gasteiger partial charge in [-0.25, -0.2) is 9.97 Å². The van der Waals surface area contributed by atoms with E-state index in [1.807, 2.05) is 24.3 Å². The number of hydrogen-bond acceptors (Lipinski definition) is 7. The van der Waals surface area contributed by atoms with Crippen molar-refractivity contribution < 1.29 is 14.3 Å². The van der Waals surface area contributed by atoms with Crippen molar-refractivity contribution in [3.63, 3.8) is 0 Å². The molecular formula is C19H25N5O3. The Hall–Kier alpha value is -2.71. The minimum atomic E-state index is -0.216. The number of rotatable bonds is 8. The first-order chi connectivity index (χ1) is 13.3. The van der Waals surface area contributed by atoms with Crippen molar-refractivity contribution in [2.45, 2.75) is 6.54 Å². The fourth-order valence-electron chi connectivity index (χ4n) is 2.81. The Morgan fingerprint density at radius 3 is 2.78 bits per heavy atom. The SMILES string of the molecule is COc1ccccc1CNc1cnc(C(=O)NCCN2CCOCC2)cn1. The van der Waals surface area contributed by atoms with E-state index in [4.69, 9.17) is 9.47 Å². The molecule has 8 nitrogen and oxygen atoms in total. The van der Waals surface area contributed by atoms with Crippen LogP contribution < -0.4 is 15.4 Å². The van der Waals surface area contributed by atoms with Crippen molar-refractivity contribution in [2.24, 2.45) is 0 Å². The number of morpholine rings is 1. The minimum Gasteiger partial charge on any atom is -0.496 e. The quantitative estimate of drug-likeness (QED) is 0.720. The fraction of sp³-hybridized carbons (Fsp3) is 0.421. The second kappa shape index (κ2) is 9.84.